The predicted molar refractivity (Wildman–Crippen MR) is 95.6 cm³/mol. The van der Waals surface area contributed by atoms with Crippen LogP contribution in [0, 0.1) is 0 Å². The van der Waals surface area contributed by atoms with Crippen molar-refractivity contribution < 1.29 is 9.59 Å². The van der Waals surface area contributed by atoms with Crippen molar-refractivity contribution >= 4 is 87.3 Å². The second kappa shape index (κ2) is 6.81. The number of fused-ring (bicyclic) bond motifs is 1. The van der Waals surface area contributed by atoms with Gasteiger partial charge in [-0.05, 0) is 82.1 Å². The number of rotatable bonds is 4. The van der Waals surface area contributed by atoms with Gasteiger partial charge < -0.3 is 0 Å². The Hall–Kier alpha value is 0.630. The maximum absolute atomic E-state index is 12.4. The largest absolute Gasteiger partial charge is 0.274 e. The Morgan fingerprint density at radius 1 is 0.900 bits per heavy atom. The second-order valence-electron chi connectivity index (χ2n) is 4.11. The highest BCUT2D eigenvalue weighted by atomic mass is 79.9. The summed E-state index contributed by atoms with van der Waals surface area (Å²) in [7, 11) is 0. The summed E-state index contributed by atoms with van der Waals surface area (Å²) < 4.78 is 2.65. The van der Waals surface area contributed by atoms with Crippen LogP contribution in [0.4, 0.5) is 0 Å². The van der Waals surface area contributed by atoms with E-state index in [1.54, 1.807) is 11.8 Å². The van der Waals surface area contributed by atoms with E-state index in [4.69, 9.17) is 0 Å². The fourth-order valence-electron chi connectivity index (χ4n) is 1.97. The van der Waals surface area contributed by atoms with Crippen LogP contribution in [-0.4, -0.2) is 35.3 Å². The van der Waals surface area contributed by atoms with Gasteiger partial charge in [0.2, 0.25) is 0 Å². The third-order valence-electron chi connectivity index (χ3n) is 2.92. The standard InChI is InChI=1S/C12H9Br4NO2S/c1-20-4-2-3-17-11(18)5-6(12(17)19)8(14)10(16)9(15)7(5)13/h2-4H2,1H3. The quantitative estimate of drug-likeness (QED) is 0.227. The molecule has 3 nitrogen and oxygen atoms in total. The van der Waals surface area contributed by atoms with Crippen molar-refractivity contribution in [2.45, 2.75) is 6.42 Å². The first-order valence-corrected chi connectivity index (χ1v) is 10.2. The van der Waals surface area contributed by atoms with E-state index in [1.165, 1.54) is 4.90 Å². The van der Waals surface area contributed by atoms with Gasteiger partial charge in [0.15, 0.2) is 0 Å². The molecular weight excluding hydrogens is 542 g/mol. The van der Waals surface area contributed by atoms with Crippen LogP contribution in [0.1, 0.15) is 27.1 Å². The summed E-state index contributed by atoms with van der Waals surface area (Å²) >= 11 is 15.3. The molecule has 0 radical (unpaired) electrons. The summed E-state index contributed by atoms with van der Waals surface area (Å²) in [6.45, 7) is 0.446. The van der Waals surface area contributed by atoms with Crippen LogP contribution in [0.2, 0.25) is 0 Å². The number of hydrogen-bond acceptors (Lipinski definition) is 3. The van der Waals surface area contributed by atoms with Gasteiger partial charge in [-0.1, -0.05) is 0 Å². The summed E-state index contributed by atoms with van der Waals surface area (Å²) in [6, 6.07) is 0. The van der Waals surface area contributed by atoms with Crippen LogP contribution in [0.15, 0.2) is 17.9 Å². The van der Waals surface area contributed by atoms with Gasteiger partial charge in [-0.2, -0.15) is 11.8 Å². The number of hydrogen-bond donors (Lipinski definition) is 0. The first kappa shape index (κ1) is 17.0. The van der Waals surface area contributed by atoms with E-state index in [0.717, 1.165) is 21.1 Å². The van der Waals surface area contributed by atoms with E-state index < -0.39 is 0 Å². The van der Waals surface area contributed by atoms with Crippen LogP contribution < -0.4 is 0 Å². The van der Waals surface area contributed by atoms with Gasteiger partial charge in [0.1, 0.15) is 0 Å². The molecule has 0 fully saturated rings. The summed E-state index contributed by atoms with van der Waals surface area (Å²) in [6.07, 6.45) is 2.80. The van der Waals surface area contributed by atoms with Crippen molar-refractivity contribution in [3.63, 3.8) is 0 Å². The number of thioether (sulfide) groups is 1. The molecule has 0 spiro atoms. The smallest absolute Gasteiger partial charge is 0.262 e. The zero-order chi connectivity index (χ0) is 15.0. The Labute approximate surface area is 154 Å². The summed E-state index contributed by atoms with van der Waals surface area (Å²) in [5.74, 6) is 0.433. The van der Waals surface area contributed by atoms with Crippen LogP contribution in [0.5, 0.6) is 0 Å². The summed E-state index contributed by atoms with van der Waals surface area (Å²) in [5.41, 5.74) is 0.835. The number of imide groups is 1. The zero-order valence-electron chi connectivity index (χ0n) is 10.3. The molecule has 2 rings (SSSR count). The molecular formula is C12H9Br4NO2S. The molecule has 8 heteroatoms. The monoisotopic (exact) mass is 547 g/mol. The minimum atomic E-state index is -0.244. The van der Waals surface area contributed by atoms with E-state index in [0.29, 0.717) is 26.6 Å². The summed E-state index contributed by atoms with van der Waals surface area (Å²) in [4.78, 5) is 26.2. The minimum Gasteiger partial charge on any atom is -0.274 e. The molecule has 0 aliphatic carbocycles. The Morgan fingerprint density at radius 3 is 1.75 bits per heavy atom. The molecule has 0 bridgehead atoms. The van der Waals surface area contributed by atoms with E-state index in [-0.39, 0.29) is 11.8 Å². The number of amides is 2. The van der Waals surface area contributed by atoms with Gasteiger partial charge >= 0.3 is 0 Å². The molecule has 0 saturated carbocycles. The number of carbonyl (C=O) groups excluding carboxylic acids is 2. The lowest BCUT2D eigenvalue weighted by molar-refractivity contribution is 0.0654. The van der Waals surface area contributed by atoms with Crippen molar-refractivity contribution in [2.24, 2.45) is 0 Å². The van der Waals surface area contributed by atoms with Crippen molar-refractivity contribution in [1.29, 1.82) is 0 Å². The second-order valence-corrected chi connectivity index (χ2v) is 8.27. The Kier molecular flexibility index (Phi) is 5.79. The number of carbonyl (C=O) groups is 2. The Bertz CT molecular complexity index is 559. The molecule has 1 aliphatic rings. The topological polar surface area (TPSA) is 37.4 Å². The van der Waals surface area contributed by atoms with Crippen molar-refractivity contribution in [3.05, 3.63) is 29.0 Å². The lowest BCUT2D eigenvalue weighted by Gasteiger charge is -2.12. The fraction of sp³-hybridized carbons (Fsp3) is 0.333. The molecule has 108 valence electrons. The first-order chi connectivity index (χ1) is 9.41. The normalized spacial score (nSPS) is 14.2. The molecule has 2 amide bonds. The van der Waals surface area contributed by atoms with E-state index in [9.17, 15) is 9.59 Å². The molecule has 0 saturated heterocycles. The molecule has 1 aromatic rings. The van der Waals surface area contributed by atoms with Gasteiger partial charge in [-0.3, -0.25) is 14.5 Å². The van der Waals surface area contributed by atoms with Gasteiger partial charge in [0.25, 0.3) is 11.8 Å². The maximum atomic E-state index is 12.4. The fourth-order valence-corrected chi connectivity index (χ4v) is 4.84. The lowest BCUT2D eigenvalue weighted by atomic mass is 10.1. The van der Waals surface area contributed by atoms with Gasteiger partial charge in [0.05, 0.1) is 11.1 Å². The SMILES string of the molecule is CSCCCN1C(=O)c2c(Br)c(Br)c(Br)c(Br)c2C1=O. The molecule has 0 N–H and O–H groups in total. The van der Waals surface area contributed by atoms with Gasteiger partial charge in [-0.25, -0.2) is 0 Å². The van der Waals surface area contributed by atoms with Crippen molar-refractivity contribution in [2.75, 3.05) is 18.6 Å². The molecule has 0 aromatic heterocycles. The molecule has 1 aromatic carbocycles. The molecule has 1 aliphatic heterocycles. The Morgan fingerprint density at radius 2 is 1.35 bits per heavy atom. The maximum Gasteiger partial charge on any atom is 0.262 e. The first-order valence-electron chi connectivity index (χ1n) is 5.62. The predicted octanol–water partition coefficient (Wildman–Crippen LogP) is 5.09. The number of halogens is 4. The van der Waals surface area contributed by atoms with E-state index in [2.05, 4.69) is 63.7 Å². The van der Waals surface area contributed by atoms with Gasteiger partial charge in [0, 0.05) is 24.4 Å². The van der Waals surface area contributed by atoms with E-state index in [1.807, 2.05) is 6.26 Å². The lowest BCUT2D eigenvalue weighted by Crippen LogP contribution is -2.31. The van der Waals surface area contributed by atoms with Crippen molar-refractivity contribution in [1.82, 2.24) is 4.90 Å². The number of nitrogens with zero attached hydrogens (tertiary/aromatic N) is 1. The van der Waals surface area contributed by atoms with Crippen molar-refractivity contribution in [3.8, 4) is 0 Å². The van der Waals surface area contributed by atoms with Gasteiger partial charge in [-0.15, -0.1) is 0 Å². The highest BCUT2D eigenvalue weighted by Gasteiger charge is 2.40. The average Bonchev–Trinajstić information content (AvgIpc) is 2.67. The van der Waals surface area contributed by atoms with Crippen LogP contribution in [-0.2, 0) is 0 Å². The molecule has 1 heterocycles. The molecule has 0 unspecified atom stereocenters. The van der Waals surface area contributed by atoms with Crippen LogP contribution in [0.3, 0.4) is 0 Å². The zero-order valence-corrected chi connectivity index (χ0v) is 17.5. The third-order valence-corrected chi connectivity index (χ3v) is 8.38. The third kappa shape index (κ3) is 2.78. The highest BCUT2D eigenvalue weighted by molar-refractivity contribution is 9.15. The molecule has 0 atom stereocenters. The van der Waals surface area contributed by atoms with Crippen LogP contribution >= 0.6 is 75.5 Å². The summed E-state index contributed by atoms with van der Waals surface area (Å²) in [5, 5.41) is 0. The van der Waals surface area contributed by atoms with Crippen LogP contribution in [0.25, 0.3) is 0 Å². The average molecular weight is 551 g/mol. The highest BCUT2D eigenvalue weighted by Crippen LogP contribution is 2.45. The Balaban J connectivity index is 2.46. The molecule has 20 heavy (non-hydrogen) atoms. The minimum absolute atomic E-state index is 0.244. The van der Waals surface area contributed by atoms with E-state index >= 15 is 0 Å². The number of benzene rings is 1.